The summed E-state index contributed by atoms with van der Waals surface area (Å²) in [5.74, 6) is 1.67. The minimum Gasteiger partial charge on any atom is -0.462 e. The van der Waals surface area contributed by atoms with Gasteiger partial charge in [0.05, 0.1) is 12.2 Å². The Morgan fingerprint density at radius 3 is 2.42 bits per heavy atom. The van der Waals surface area contributed by atoms with Gasteiger partial charge in [-0.3, -0.25) is 0 Å². The van der Waals surface area contributed by atoms with Crippen LogP contribution in [0.3, 0.4) is 0 Å². The van der Waals surface area contributed by atoms with E-state index < -0.39 is 11.7 Å². The molecule has 0 saturated carbocycles. The van der Waals surface area contributed by atoms with Crippen LogP contribution in [0.2, 0.25) is 0 Å². The van der Waals surface area contributed by atoms with Crippen molar-refractivity contribution in [1.29, 1.82) is 0 Å². The Morgan fingerprint density at radius 1 is 1.17 bits per heavy atom. The van der Waals surface area contributed by atoms with E-state index in [1.807, 2.05) is 23.9 Å². The van der Waals surface area contributed by atoms with E-state index in [2.05, 4.69) is 12.2 Å². The lowest BCUT2D eigenvalue weighted by atomic mass is 10.1. The smallest absolute Gasteiger partial charge is 0.407 e. The summed E-state index contributed by atoms with van der Waals surface area (Å²) < 4.78 is 10.3. The van der Waals surface area contributed by atoms with Crippen LogP contribution in [-0.2, 0) is 15.2 Å². The molecule has 1 aromatic rings. The number of rotatable bonds is 8. The molecule has 5 nitrogen and oxygen atoms in total. The molecule has 0 aliphatic rings. The number of amides is 1. The molecular formula is C18H27NO4S. The van der Waals surface area contributed by atoms with Crippen LogP contribution in [0.25, 0.3) is 0 Å². The first-order chi connectivity index (χ1) is 11.3. The van der Waals surface area contributed by atoms with Gasteiger partial charge >= 0.3 is 12.1 Å². The summed E-state index contributed by atoms with van der Waals surface area (Å²) in [6, 6.07) is 7.46. The maximum atomic E-state index is 11.9. The first kappa shape index (κ1) is 20.4. The predicted molar refractivity (Wildman–Crippen MR) is 97.4 cm³/mol. The van der Waals surface area contributed by atoms with Crippen molar-refractivity contribution in [2.45, 2.75) is 45.5 Å². The van der Waals surface area contributed by atoms with Crippen LogP contribution in [0.1, 0.15) is 50.0 Å². The molecule has 0 radical (unpaired) electrons. The van der Waals surface area contributed by atoms with Gasteiger partial charge in [-0.2, -0.15) is 11.8 Å². The van der Waals surface area contributed by atoms with Crippen LogP contribution in [0.4, 0.5) is 4.79 Å². The molecule has 134 valence electrons. The molecule has 0 saturated heterocycles. The Bertz CT molecular complexity index is 523. The Labute approximate surface area is 148 Å². The number of esters is 1. The van der Waals surface area contributed by atoms with Crippen molar-refractivity contribution in [3.8, 4) is 0 Å². The Kier molecular flexibility index (Phi) is 8.68. The van der Waals surface area contributed by atoms with Crippen LogP contribution in [0.5, 0.6) is 0 Å². The van der Waals surface area contributed by atoms with Gasteiger partial charge in [-0.15, -0.1) is 0 Å². The molecule has 24 heavy (non-hydrogen) atoms. The van der Waals surface area contributed by atoms with E-state index in [0.717, 1.165) is 11.5 Å². The fourth-order valence-corrected chi connectivity index (χ4v) is 2.41. The summed E-state index contributed by atoms with van der Waals surface area (Å²) in [5.41, 5.74) is 1.22. The number of hydrogen-bond acceptors (Lipinski definition) is 5. The van der Waals surface area contributed by atoms with Crippen molar-refractivity contribution < 1.29 is 19.1 Å². The van der Waals surface area contributed by atoms with Gasteiger partial charge in [0.2, 0.25) is 0 Å². The van der Waals surface area contributed by atoms with Crippen molar-refractivity contribution >= 4 is 23.8 Å². The van der Waals surface area contributed by atoms with Gasteiger partial charge in [-0.05, 0) is 50.6 Å². The number of benzene rings is 1. The zero-order valence-corrected chi connectivity index (χ0v) is 15.7. The fraction of sp³-hybridized carbons (Fsp3) is 0.556. The molecule has 0 aliphatic carbocycles. The lowest BCUT2D eigenvalue weighted by Gasteiger charge is -2.19. The monoisotopic (exact) mass is 353 g/mol. The first-order valence-corrected chi connectivity index (χ1v) is 9.28. The maximum absolute atomic E-state index is 11.9. The average Bonchev–Trinajstić information content (AvgIpc) is 2.51. The second-order valence-electron chi connectivity index (χ2n) is 6.25. The van der Waals surface area contributed by atoms with E-state index in [0.29, 0.717) is 18.5 Å². The van der Waals surface area contributed by atoms with Crippen LogP contribution in [-0.4, -0.2) is 36.6 Å². The molecule has 0 unspecified atom stereocenters. The quantitative estimate of drug-likeness (QED) is 0.565. The summed E-state index contributed by atoms with van der Waals surface area (Å²) in [5, 5.41) is 2.62. The van der Waals surface area contributed by atoms with E-state index >= 15 is 0 Å². The number of alkyl carbamates (subject to hydrolysis) is 1. The number of nitrogens with one attached hydrogen (secondary N) is 1. The summed E-state index contributed by atoms with van der Waals surface area (Å²) in [6.07, 6.45) is 0.0744. The third-order valence-corrected chi connectivity index (χ3v) is 3.83. The molecule has 1 N–H and O–H groups in total. The molecule has 1 amide bonds. The molecule has 0 aliphatic heterocycles. The van der Waals surface area contributed by atoms with Crippen molar-refractivity contribution in [2.24, 2.45) is 0 Å². The highest BCUT2D eigenvalue weighted by Crippen LogP contribution is 2.13. The number of hydrogen-bond donors (Lipinski definition) is 1. The Balaban J connectivity index is 2.23. The van der Waals surface area contributed by atoms with E-state index in [1.165, 1.54) is 5.56 Å². The number of carbonyl (C=O) groups excluding carboxylic acids is 2. The minimum atomic E-state index is -0.516. The second kappa shape index (κ2) is 10.2. The van der Waals surface area contributed by atoms with Crippen LogP contribution in [0.15, 0.2) is 24.3 Å². The highest BCUT2D eigenvalue weighted by Gasteiger charge is 2.15. The largest absolute Gasteiger partial charge is 0.462 e. The third-order valence-electron chi connectivity index (χ3n) is 2.88. The standard InChI is InChI=1S/C18H27NO4S/c1-5-24-13-14-7-9-15(10-8-14)16(20)22-12-6-11-19-17(21)23-18(2,3)4/h7-10H,5-6,11-13H2,1-4H3,(H,19,21). The van der Waals surface area contributed by atoms with Crippen molar-refractivity contribution in [2.75, 3.05) is 18.9 Å². The normalized spacial score (nSPS) is 11.0. The molecule has 6 heteroatoms. The van der Waals surface area contributed by atoms with Gasteiger partial charge in [0.25, 0.3) is 0 Å². The zero-order valence-electron chi connectivity index (χ0n) is 14.9. The van der Waals surface area contributed by atoms with Gasteiger partial charge in [0, 0.05) is 12.3 Å². The van der Waals surface area contributed by atoms with E-state index in [4.69, 9.17) is 9.47 Å². The molecular weight excluding hydrogens is 326 g/mol. The number of carbonyl (C=O) groups is 2. The van der Waals surface area contributed by atoms with Gasteiger partial charge in [0.15, 0.2) is 0 Å². The Hall–Kier alpha value is -1.69. The lowest BCUT2D eigenvalue weighted by Crippen LogP contribution is -2.33. The van der Waals surface area contributed by atoms with E-state index in [-0.39, 0.29) is 12.6 Å². The number of thioether (sulfide) groups is 1. The molecule has 0 atom stereocenters. The second-order valence-corrected chi connectivity index (χ2v) is 7.53. The van der Waals surface area contributed by atoms with Gasteiger partial charge in [-0.1, -0.05) is 19.1 Å². The zero-order chi connectivity index (χ0) is 18.0. The van der Waals surface area contributed by atoms with Crippen molar-refractivity contribution in [3.05, 3.63) is 35.4 Å². The molecule has 0 fully saturated rings. The average molecular weight is 353 g/mol. The van der Waals surface area contributed by atoms with Crippen LogP contribution in [0, 0.1) is 0 Å². The summed E-state index contributed by atoms with van der Waals surface area (Å²) in [6.45, 7) is 8.19. The number of ether oxygens (including phenoxy) is 2. The third kappa shape index (κ3) is 8.82. The molecule has 0 heterocycles. The van der Waals surface area contributed by atoms with Crippen LogP contribution < -0.4 is 5.32 Å². The Morgan fingerprint density at radius 2 is 1.83 bits per heavy atom. The molecule has 0 bridgehead atoms. The van der Waals surface area contributed by atoms with E-state index in [9.17, 15) is 9.59 Å². The lowest BCUT2D eigenvalue weighted by molar-refractivity contribution is 0.0483. The molecule has 0 spiro atoms. The highest BCUT2D eigenvalue weighted by atomic mass is 32.2. The maximum Gasteiger partial charge on any atom is 0.407 e. The first-order valence-electron chi connectivity index (χ1n) is 8.12. The molecule has 0 aromatic heterocycles. The summed E-state index contributed by atoms with van der Waals surface area (Å²) in [7, 11) is 0. The summed E-state index contributed by atoms with van der Waals surface area (Å²) in [4.78, 5) is 23.4. The molecule has 1 aromatic carbocycles. The molecule has 1 rings (SSSR count). The highest BCUT2D eigenvalue weighted by molar-refractivity contribution is 7.98. The SMILES string of the molecule is CCSCc1ccc(C(=O)OCCCNC(=O)OC(C)(C)C)cc1. The van der Waals surface area contributed by atoms with E-state index in [1.54, 1.807) is 32.9 Å². The minimum absolute atomic E-state index is 0.252. The van der Waals surface area contributed by atoms with Gasteiger partial charge in [-0.25, -0.2) is 9.59 Å². The fourth-order valence-electron chi connectivity index (χ4n) is 1.78. The summed E-state index contributed by atoms with van der Waals surface area (Å²) >= 11 is 1.84. The van der Waals surface area contributed by atoms with Gasteiger partial charge < -0.3 is 14.8 Å². The van der Waals surface area contributed by atoms with Crippen molar-refractivity contribution in [3.63, 3.8) is 0 Å². The van der Waals surface area contributed by atoms with Crippen LogP contribution >= 0.6 is 11.8 Å². The topological polar surface area (TPSA) is 64.6 Å². The predicted octanol–water partition coefficient (Wildman–Crippen LogP) is 4.01. The van der Waals surface area contributed by atoms with Gasteiger partial charge in [0.1, 0.15) is 5.60 Å². The van der Waals surface area contributed by atoms with Crippen molar-refractivity contribution in [1.82, 2.24) is 5.32 Å².